The number of carbonyl (C=O) groups excluding carboxylic acids is 3. The highest BCUT2D eigenvalue weighted by Gasteiger charge is 2.57. The Bertz CT molecular complexity index is 1070. The number of hydrogen-bond donors (Lipinski definition) is 1. The number of amides is 3. The number of anilines is 1. The third kappa shape index (κ3) is 4.31. The van der Waals surface area contributed by atoms with E-state index < -0.39 is 17.5 Å². The lowest BCUT2D eigenvalue weighted by Gasteiger charge is -2.37. The number of likely N-dealkylation sites (tertiary alicyclic amines) is 2. The summed E-state index contributed by atoms with van der Waals surface area (Å²) in [5, 5.41) is 12.9. The van der Waals surface area contributed by atoms with E-state index in [2.05, 4.69) is 23.2 Å². The summed E-state index contributed by atoms with van der Waals surface area (Å²) in [4.78, 5) is 46.0. The van der Waals surface area contributed by atoms with Gasteiger partial charge in [0, 0.05) is 31.7 Å². The maximum Gasteiger partial charge on any atom is 0.246 e. The zero-order valence-electron chi connectivity index (χ0n) is 21.7. The number of rotatable bonds is 4. The minimum atomic E-state index is -0.942. The fraction of sp³-hybridized carbons (Fsp3) is 0.630. The third-order valence-electron chi connectivity index (χ3n) is 8.15. The van der Waals surface area contributed by atoms with Gasteiger partial charge in [0.05, 0.1) is 17.5 Å². The Morgan fingerprint density at radius 3 is 2.57 bits per heavy atom. The highest BCUT2D eigenvalue weighted by molar-refractivity contribution is 6.07. The number of nitrogens with zero attached hydrogens (tertiary/aromatic N) is 4. The van der Waals surface area contributed by atoms with Crippen LogP contribution < -0.4 is 5.32 Å². The number of para-hydroxylation sites is 1. The van der Waals surface area contributed by atoms with Crippen LogP contribution in [0.2, 0.25) is 0 Å². The van der Waals surface area contributed by atoms with Crippen LogP contribution in [0.4, 0.5) is 5.69 Å². The predicted octanol–water partition coefficient (Wildman–Crippen LogP) is 2.75. The molecule has 2 saturated heterocycles. The van der Waals surface area contributed by atoms with E-state index in [0.29, 0.717) is 12.5 Å². The second kappa shape index (κ2) is 8.94. The molecule has 0 unspecified atom stereocenters. The molecule has 0 bridgehead atoms. The van der Waals surface area contributed by atoms with Gasteiger partial charge in [-0.2, -0.15) is 5.26 Å². The molecule has 3 heterocycles. The summed E-state index contributed by atoms with van der Waals surface area (Å²) in [6.07, 6.45) is 2.42. The number of carbonyl (C=O) groups is 3. The molecule has 3 aliphatic rings. The molecule has 3 amide bonds. The lowest BCUT2D eigenvalue weighted by Crippen LogP contribution is -2.55. The van der Waals surface area contributed by atoms with Gasteiger partial charge in [-0.05, 0) is 50.3 Å². The summed E-state index contributed by atoms with van der Waals surface area (Å²) in [6.45, 7) is 8.38. The van der Waals surface area contributed by atoms with E-state index in [1.165, 1.54) is 0 Å². The number of hydrogen-bond acceptors (Lipinski definition) is 5. The van der Waals surface area contributed by atoms with Crippen molar-refractivity contribution in [1.29, 1.82) is 5.26 Å². The Labute approximate surface area is 208 Å². The van der Waals surface area contributed by atoms with E-state index in [1.54, 1.807) is 16.8 Å². The lowest BCUT2D eigenvalue weighted by atomic mass is 9.80. The third-order valence-corrected chi connectivity index (χ3v) is 8.15. The van der Waals surface area contributed by atoms with Gasteiger partial charge >= 0.3 is 0 Å². The van der Waals surface area contributed by atoms with Crippen molar-refractivity contribution in [2.45, 2.75) is 83.0 Å². The van der Waals surface area contributed by atoms with E-state index in [-0.39, 0.29) is 42.1 Å². The van der Waals surface area contributed by atoms with Crippen LogP contribution in [0.25, 0.3) is 0 Å². The Morgan fingerprint density at radius 2 is 1.97 bits per heavy atom. The highest BCUT2D eigenvalue weighted by Crippen LogP contribution is 2.46. The summed E-state index contributed by atoms with van der Waals surface area (Å²) < 4.78 is 0. The number of nitrogens with one attached hydrogen (secondary N) is 1. The van der Waals surface area contributed by atoms with Gasteiger partial charge in [0.25, 0.3) is 0 Å². The van der Waals surface area contributed by atoms with Crippen LogP contribution in [0.1, 0.15) is 58.9 Å². The zero-order valence-corrected chi connectivity index (χ0v) is 21.7. The fourth-order valence-corrected chi connectivity index (χ4v) is 5.95. The normalized spacial score (nSPS) is 29.1. The van der Waals surface area contributed by atoms with Crippen LogP contribution in [0.3, 0.4) is 0 Å². The lowest BCUT2D eigenvalue weighted by molar-refractivity contribution is -0.148. The van der Waals surface area contributed by atoms with E-state index >= 15 is 0 Å². The topological polar surface area (TPSA) is 96.7 Å². The molecule has 0 radical (unpaired) electrons. The van der Waals surface area contributed by atoms with Crippen LogP contribution in [0.5, 0.6) is 0 Å². The molecule has 2 fully saturated rings. The molecule has 4 rings (SSSR count). The molecule has 35 heavy (non-hydrogen) atoms. The summed E-state index contributed by atoms with van der Waals surface area (Å²) in [5.74, 6) is -0.497. The predicted molar refractivity (Wildman–Crippen MR) is 133 cm³/mol. The highest BCUT2D eigenvalue weighted by atomic mass is 16.2. The molecule has 188 valence electrons. The largest absolute Gasteiger partial charge is 0.332 e. The summed E-state index contributed by atoms with van der Waals surface area (Å²) in [7, 11) is 3.67. The van der Waals surface area contributed by atoms with E-state index in [1.807, 2.05) is 52.1 Å². The van der Waals surface area contributed by atoms with Crippen LogP contribution in [-0.2, 0) is 19.8 Å². The second-order valence-corrected chi connectivity index (χ2v) is 11.7. The second-order valence-electron chi connectivity index (χ2n) is 11.7. The fourth-order valence-electron chi connectivity index (χ4n) is 5.95. The standard InChI is InChI=1S/C27H37N5O3/c1-17-11-12-21(30(17)5)23(33)31(6)22(14-26(2,3)4)24(34)32-16-27(13-18(32)15-28)19-9-7-8-10-20(19)29-25(27)35/h7-10,17-18,21-22H,11-14,16H2,1-6H3,(H,29,35)/t17-,18+,21+,22+,27+/m1/s1. The van der Waals surface area contributed by atoms with Gasteiger partial charge in [-0.1, -0.05) is 39.0 Å². The molecule has 0 saturated carbocycles. The van der Waals surface area contributed by atoms with Crippen LogP contribution in [0.15, 0.2) is 24.3 Å². The monoisotopic (exact) mass is 479 g/mol. The molecule has 8 nitrogen and oxygen atoms in total. The SMILES string of the molecule is C[C@@H]1CC[C@@H](C(=O)N(C)[C@@H](CC(C)(C)C)C(=O)N2C[C@]3(C[C@H]2C#N)C(=O)Nc2ccccc23)N1C. The number of nitriles is 1. The van der Waals surface area contributed by atoms with Crippen molar-refractivity contribution in [2.24, 2.45) is 5.41 Å². The Hall–Kier alpha value is -2.92. The molecule has 0 aliphatic carbocycles. The molecule has 0 aromatic heterocycles. The number of benzene rings is 1. The van der Waals surface area contributed by atoms with Gasteiger partial charge in [-0.25, -0.2) is 0 Å². The van der Waals surface area contributed by atoms with Crippen molar-refractivity contribution in [1.82, 2.24) is 14.7 Å². The minimum Gasteiger partial charge on any atom is -0.332 e. The van der Waals surface area contributed by atoms with Gasteiger partial charge in [-0.15, -0.1) is 0 Å². The first kappa shape index (κ1) is 25.2. The minimum absolute atomic E-state index is 0.0641. The molecule has 8 heteroatoms. The first-order valence-corrected chi connectivity index (χ1v) is 12.5. The number of fused-ring (bicyclic) bond motifs is 2. The smallest absolute Gasteiger partial charge is 0.246 e. The van der Waals surface area contributed by atoms with E-state index in [0.717, 1.165) is 24.1 Å². The van der Waals surface area contributed by atoms with Gasteiger partial charge in [0.1, 0.15) is 12.1 Å². The van der Waals surface area contributed by atoms with Crippen molar-refractivity contribution in [3.63, 3.8) is 0 Å². The molecule has 3 aliphatic heterocycles. The first-order valence-electron chi connectivity index (χ1n) is 12.5. The van der Waals surface area contributed by atoms with Crippen molar-refractivity contribution in [3.05, 3.63) is 29.8 Å². The summed E-state index contributed by atoms with van der Waals surface area (Å²) in [6, 6.07) is 8.36. The Kier molecular flexibility index (Phi) is 6.43. The van der Waals surface area contributed by atoms with Gasteiger partial charge in [-0.3, -0.25) is 19.3 Å². The molecular formula is C27H37N5O3. The zero-order chi connectivity index (χ0) is 25.7. The quantitative estimate of drug-likeness (QED) is 0.716. The average molecular weight is 480 g/mol. The Morgan fingerprint density at radius 1 is 1.29 bits per heavy atom. The summed E-state index contributed by atoms with van der Waals surface area (Å²) in [5.41, 5.74) is 0.405. The van der Waals surface area contributed by atoms with Crippen LogP contribution in [-0.4, -0.2) is 77.2 Å². The van der Waals surface area contributed by atoms with Gasteiger partial charge < -0.3 is 15.1 Å². The van der Waals surface area contributed by atoms with Crippen molar-refractivity contribution in [3.8, 4) is 6.07 Å². The molecule has 5 atom stereocenters. The maximum absolute atomic E-state index is 14.1. The maximum atomic E-state index is 14.1. The number of likely N-dealkylation sites (N-methyl/N-ethyl adjacent to an activating group) is 2. The first-order chi connectivity index (χ1) is 16.4. The van der Waals surface area contributed by atoms with Crippen molar-refractivity contribution >= 4 is 23.4 Å². The Balaban J connectivity index is 1.65. The average Bonchev–Trinajstić information content (AvgIpc) is 3.45. The molecule has 1 N–H and O–H groups in total. The van der Waals surface area contributed by atoms with Crippen molar-refractivity contribution in [2.75, 3.05) is 26.0 Å². The van der Waals surface area contributed by atoms with Crippen LogP contribution in [0, 0.1) is 16.7 Å². The summed E-state index contributed by atoms with van der Waals surface area (Å²) >= 11 is 0. The molecule has 1 spiro atoms. The van der Waals surface area contributed by atoms with E-state index in [4.69, 9.17) is 0 Å². The molecular weight excluding hydrogens is 442 g/mol. The molecule has 1 aromatic rings. The van der Waals surface area contributed by atoms with Gasteiger partial charge in [0.15, 0.2) is 0 Å². The van der Waals surface area contributed by atoms with Gasteiger partial charge in [0.2, 0.25) is 17.7 Å². The van der Waals surface area contributed by atoms with E-state index in [9.17, 15) is 19.6 Å². The van der Waals surface area contributed by atoms with Crippen molar-refractivity contribution < 1.29 is 14.4 Å². The molecule has 1 aromatic carbocycles. The van der Waals surface area contributed by atoms with Crippen LogP contribution >= 0.6 is 0 Å².